The van der Waals surface area contributed by atoms with Crippen LogP contribution >= 0.6 is 0 Å². The minimum atomic E-state index is -0.278. The molecule has 1 fully saturated rings. The number of nitrogens with zero attached hydrogens (tertiary/aromatic N) is 3. The van der Waals surface area contributed by atoms with E-state index in [1.807, 2.05) is 61.2 Å². The van der Waals surface area contributed by atoms with Crippen LogP contribution in [0.4, 0.5) is 5.69 Å². The van der Waals surface area contributed by atoms with Crippen molar-refractivity contribution in [2.24, 2.45) is 0 Å². The smallest absolute Gasteiger partial charge is 0.263 e. The number of anilines is 1. The second kappa shape index (κ2) is 10.8. The number of ether oxygens (including phenoxy) is 2. The average Bonchev–Trinajstić information content (AvgIpc) is 3.19. The van der Waals surface area contributed by atoms with Gasteiger partial charge in [-0.2, -0.15) is 0 Å². The molecule has 0 aromatic heterocycles. The van der Waals surface area contributed by atoms with Gasteiger partial charge in [0.1, 0.15) is 0 Å². The number of amides is 3. The highest BCUT2D eigenvalue weighted by Gasteiger charge is 2.38. The highest BCUT2D eigenvalue weighted by atomic mass is 16.5. The van der Waals surface area contributed by atoms with Crippen LogP contribution in [0.3, 0.4) is 0 Å². The number of imide groups is 1. The van der Waals surface area contributed by atoms with E-state index in [0.717, 1.165) is 22.4 Å². The van der Waals surface area contributed by atoms with Crippen LogP contribution in [0, 0.1) is 13.8 Å². The number of hydrogen-bond donors (Lipinski definition) is 0. The Kier molecular flexibility index (Phi) is 7.28. The number of piperazine rings is 1. The van der Waals surface area contributed by atoms with Crippen molar-refractivity contribution < 1.29 is 23.9 Å². The lowest BCUT2D eigenvalue weighted by Crippen LogP contribution is -2.49. The van der Waals surface area contributed by atoms with Gasteiger partial charge in [0, 0.05) is 38.3 Å². The summed E-state index contributed by atoms with van der Waals surface area (Å²) in [4.78, 5) is 45.1. The first-order chi connectivity index (χ1) is 18.8. The van der Waals surface area contributed by atoms with Gasteiger partial charge in [-0.15, -0.1) is 0 Å². The van der Waals surface area contributed by atoms with Crippen molar-refractivity contribution >= 4 is 23.4 Å². The third kappa shape index (κ3) is 5.06. The fourth-order valence-corrected chi connectivity index (χ4v) is 5.49. The monoisotopic (exact) mass is 527 g/mol. The van der Waals surface area contributed by atoms with Crippen molar-refractivity contribution in [3.63, 3.8) is 0 Å². The van der Waals surface area contributed by atoms with E-state index < -0.39 is 0 Å². The Morgan fingerprint density at radius 1 is 0.821 bits per heavy atom. The van der Waals surface area contributed by atoms with Crippen LogP contribution in [-0.4, -0.2) is 74.5 Å². The Balaban J connectivity index is 1.28. The predicted octanol–water partition coefficient (Wildman–Crippen LogP) is 4.12. The SMILES string of the molecule is COc1ccc(CCN2C(=O)c3cccc(N4CCN(C(=O)c5cc(C)cc(C)c5)CC4)c3C2=O)cc1OC. The third-order valence-electron chi connectivity index (χ3n) is 7.43. The second-order valence-electron chi connectivity index (χ2n) is 10.1. The van der Waals surface area contributed by atoms with Gasteiger partial charge in [-0.1, -0.05) is 29.3 Å². The standard InChI is InChI=1S/C31H33N3O5/c1-20-16-21(2)18-23(17-20)29(35)33-14-12-32(13-15-33)25-7-5-6-24-28(25)31(37)34(30(24)36)11-10-22-8-9-26(38-3)27(19-22)39-4/h5-9,16-19H,10-15H2,1-4H3. The molecule has 0 atom stereocenters. The average molecular weight is 528 g/mol. The van der Waals surface area contributed by atoms with E-state index in [1.165, 1.54) is 4.90 Å². The van der Waals surface area contributed by atoms with Crippen LogP contribution in [0.5, 0.6) is 11.5 Å². The molecule has 8 heteroatoms. The summed E-state index contributed by atoms with van der Waals surface area (Å²) in [7, 11) is 3.16. The lowest BCUT2D eigenvalue weighted by molar-refractivity contribution is 0.0654. The maximum Gasteiger partial charge on any atom is 0.263 e. The number of benzene rings is 3. The largest absolute Gasteiger partial charge is 0.493 e. The van der Waals surface area contributed by atoms with Gasteiger partial charge in [0.15, 0.2) is 11.5 Å². The van der Waals surface area contributed by atoms with Crippen molar-refractivity contribution in [1.82, 2.24) is 9.80 Å². The van der Waals surface area contributed by atoms with Gasteiger partial charge in [0.2, 0.25) is 0 Å². The van der Waals surface area contributed by atoms with Crippen LogP contribution in [0.25, 0.3) is 0 Å². The number of hydrogen-bond acceptors (Lipinski definition) is 6. The number of aryl methyl sites for hydroxylation is 2. The molecule has 5 rings (SSSR count). The zero-order valence-corrected chi connectivity index (χ0v) is 22.8. The van der Waals surface area contributed by atoms with Crippen molar-refractivity contribution in [1.29, 1.82) is 0 Å². The molecule has 8 nitrogen and oxygen atoms in total. The summed E-state index contributed by atoms with van der Waals surface area (Å²) in [6, 6.07) is 16.9. The molecule has 2 heterocycles. The predicted molar refractivity (Wildman–Crippen MR) is 149 cm³/mol. The molecular formula is C31H33N3O5. The zero-order valence-electron chi connectivity index (χ0n) is 22.8. The molecule has 0 aliphatic carbocycles. The lowest BCUT2D eigenvalue weighted by Gasteiger charge is -2.36. The number of rotatable bonds is 7. The molecule has 3 amide bonds. The van der Waals surface area contributed by atoms with E-state index in [1.54, 1.807) is 20.3 Å². The Bertz CT molecular complexity index is 1420. The van der Waals surface area contributed by atoms with Gasteiger partial charge < -0.3 is 19.3 Å². The minimum absolute atomic E-state index is 0.0207. The van der Waals surface area contributed by atoms with E-state index in [9.17, 15) is 14.4 Å². The van der Waals surface area contributed by atoms with Crippen molar-refractivity contribution in [3.05, 3.63) is 88.0 Å². The molecule has 202 valence electrons. The van der Waals surface area contributed by atoms with Crippen LogP contribution in [0.15, 0.2) is 54.6 Å². The lowest BCUT2D eigenvalue weighted by atomic mass is 10.0. The molecule has 3 aromatic carbocycles. The van der Waals surface area contributed by atoms with Crippen molar-refractivity contribution in [2.75, 3.05) is 51.8 Å². The number of fused-ring (bicyclic) bond motifs is 1. The van der Waals surface area contributed by atoms with E-state index in [2.05, 4.69) is 11.0 Å². The first kappa shape index (κ1) is 26.3. The van der Waals surface area contributed by atoms with Gasteiger partial charge in [0.25, 0.3) is 17.7 Å². The molecule has 0 N–H and O–H groups in total. The maximum atomic E-state index is 13.5. The van der Waals surface area contributed by atoms with Gasteiger partial charge >= 0.3 is 0 Å². The summed E-state index contributed by atoms with van der Waals surface area (Å²) in [6.45, 7) is 6.50. The fraction of sp³-hybridized carbons (Fsp3) is 0.323. The van der Waals surface area contributed by atoms with E-state index >= 15 is 0 Å². The summed E-state index contributed by atoms with van der Waals surface area (Å²) in [6.07, 6.45) is 0.500. The molecule has 1 saturated heterocycles. The molecule has 39 heavy (non-hydrogen) atoms. The summed E-state index contributed by atoms with van der Waals surface area (Å²) >= 11 is 0. The normalized spacial score (nSPS) is 15.0. The molecule has 0 bridgehead atoms. The van der Waals surface area contributed by atoms with E-state index in [-0.39, 0.29) is 24.3 Å². The highest BCUT2D eigenvalue weighted by Crippen LogP contribution is 2.33. The molecule has 0 saturated carbocycles. The highest BCUT2D eigenvalue weighted by molar-refractivity contribution is 6.23. The Morgan fingerprint density at radius 3 is 2.18 bits per heavy atom. The molecule has 0 unspecified atom stereocenters. The van der Waals surface area contributed by atoms with Gasteiger partial charge in [-0.05, 0) is 62.2 Å². The van der Waals surface area contributed by atoms with Crippen molar-refractivity contribution in [3.8, 4) is 11.5 Å². The van der Waals surface area contributed by atoms with Gasteiger partial charge in [-0.25, -0.2) is 0 Å². The third-order valence-corrected chi connectivity index (χ3v) is 7.43. The summed E-state index contributed by atoms with van der Waals surface area (Å²) in [5, 5.41) is 0. The minimum Gasteiger partial charge on any atom is -0.493 e. The Labute approximate surface area is 228 Å². The molecule has 2 aliphatic rings. The maximum absolute atomic E-state index is 13.5. The summed E-state index contributed by atoms with van der Waals surface area (Å²) < 4.78 is 10.7. The number of carbonyl (C=O) groups is 3. The van der Waals surface area contributed by atoms with Crippen LogP contribution in [0.2, 0.25) is 0 Å². The second-order valence-corrected chi connectivity index (χ2v) is 10.1. The topological polar surface area (TPSA) is 79.4 Å². The first-order valence-corrected chi connectivity index (χ1v) is 13.1. The number of methoxy groups -OCH3 is 2. The van der Waals surface area contributed by atoms with E-state index in [0.29, 0.717) is 60.8 Å². The Morgan fingerprint density at radius 2 is 1.51 bits per heavy atom. The number of carbonyl (C=O) groups excluding carboxylic acids is 3. The molecule has 0 radical (unpaired) electrons. The molecule has 2 aliphatic heterocycles. The molecule has 3 aromatic rings. The van der Waals surface area contributed by atoms with Crippen LogP contribution in [0.1, 0.15) is 47.8 Å². The molecule has 0 spiro atoms. The van der Waals surface area contributed by atoms with Gasteiger partial charge in [-0.3, -0.25) is 19.3 Å². The van der Waals surface area contributed by atoms with Gasteiger partial charge in [0.05, 0.1) is 31.0 Å². The van der Waals surface area contributed by atoms with Crippen molar-refractivity contribution in [2.45, 2.75) is 20.3 Å². The Hall–Kier alpha value is -4.33. The quantitative estimate of drug-likeness (QED) is 0.430. The zero-order chi connectivity index (χ0) is 27.7. The molecular weight excluding hydrogens is 494 g/mol. The fourth-order valence-electron chi connectivity index (χ4n) is 5.49. The summed E-state index contributed by atoms with van der Waals surface area (Å²) in [5.41, 5.74) is 5.40. The van der Waals surface area contributed by atoms with Crippen LogP contribution < -0.4 is 14.4 Å². The first-order valence-electron chi connectivity index (χ1n) is 13.1. The van der Waals surface area contributed by atoms with E-state index in [4.69, 9.17) is 9.47 Å². The van der Waals surface area contributed by atoms with Crippen LogP contribution in [-0.2, 0) is 6.42 Å². The summed E-state index contributed by atoms with van der Waals surface area (Å²) in [5.74, 6) is 0.699.